The first-order valence-electron chi connectivity index (χ1n) is 9.76. The highest BCUT2D eigenvalue weighted by Crippen LogP contribution is 2.31. The summed E-state index contributed by atoms with van der Waals surface area (Å²) in [6, 6.07) is 21.4. The van der Waals surface area contributed by atoms with E-state index in [9.17, 15) is 14.9 Å². The highest BCUT2D eigenvalue weighted by molar-refractivity contribution is 6.30. The molecule has 10 heteroatoms. The molecule has 0 fully saturated rings. The summed E-state index contributed by atoms with van der Waals surface area (Å²) in [5.41, 5.74) is 2.68. The maximum absolute atomic E-state index is 12.7. The molecule has 0 unspecified atom stereocenters. The third-order valence-electron chi connectivity index (χ3n) is 4.89. The second-order valence-electron chi connectivity index (χ2n) is 7.06. The van der Waals surface area contributed by atoms with Gasteiger partial charge in [-0.05, 0) is 60.7 Å². The second-order valence-corrected chi connectivity index (χ2v) is 7.50. The number of aromatic nitrogens is 3. The lowest BCUT2D eigenvalue weighted by atomic mass is 10.1. The zero-order valence-electron chi connectivity index (χ0n) is 16.8. The average molecular weight is 460 g/mol. The molecule has 2 aromatic heterocycles. The van der Waals surface area contributed by atoms with Gasteiger partial charge in [0, 0.05) is 16.8 Å². The van der Waals surface area contributed by atoms with Crippen molar-refractivity contribution in [3.63, 3.8) is 0 Å². The molecule has 0 atom stereocenters. The maximum Gasteiger partial charge on any atom is 0.291 e. The molecule has 162 valence electrons. The van der Waals surface area contributed by atoms with Crippen LogP contribution < -0.4 is 5.32 Å². The van der Waals surface area contributed by atoms with Gasteiger partial charge >= 0.3 is 0 Å². The minimum absolute atomic E-state index is 0.0214. The highest BCUT2D eigenvalue weighted by atomic mass is 35.5. The number of nitro groups is 1. The van der Waals surface area contributed by atoms with Gasteiger partial charge in [0.25, 0.3) is 11.6 Å². The van der Waals surface area contributed by atoms with Crippen LogP contribution in [0.3, 0.4) is 0 Å². The smallest absolute Gasteiger partial charge is 0.291 e. The van der Waals surface area contributed by atoms with Crippen molar-refractivity contribution >= 4 is 39.9 Å². The molecular weight excluding hydrogens is 446 g/mol. The summed E-state index contributed by atoms with van der Waals surface area (Å²) in [5.74, 6) is -0.244. The first-order valence-corrected chi connectivity index (χ1v) is 10.1. The van der Waals surface area contributed by atoms with Crippen molar-refractivity contribution in [2.24, 2.45) is 0 Å². The van der Waals surface area contributed by atoms with E-state index in [0.29, 0.717) is 27.3 Å². The summed E-state index contributed by atoms with van der Waals surface area (Å²) in [4.78, 5) is 24.9. The summed E-state index contributed by atoms with van der Waals surface area (Å²) in [7, 11) is 0. The third-order valence-corrected chi connectivity index (χ3v) is 5.14. The Morgan fingerprint density at radius 3 is 2.52 bits per heavy atom. The molecule has 5 aromatic rings. The lowest BCUT2D eigenvalue weighted by Gasteiger charge is -2.03. The Kier molecular flexibility index (Phi) is 5.08. The SMILES string of the molecule is O=C(Nc1ccc2nn(-c3ccc(Cl)cc3)nc2c1)c1ccc(-c2ccccc2[N+](=O)[O-])o1. The largest absolute Gasteiger partial charge is 0.451 e. The Balaban J connectivity index is 1.37. The Morgan fingerprint density at radius 1 is 0.970 bits per heavy atom. The predicted molar refractivity (Wildman–Crippen MR) is 123 cm³/mol. The molecule has 0 saturated heterocycles. The Morgan fingerprint density at radius 2 is 1.73 bits per heavy atom. The van der Waals surface area contributed by atoms with E-state index in [0.717, 1.165) is 5.69 Å². The number of hydrogen-bond donors (Lipinski definition) is 1. The number of nitrogens with one attached hydrogen (secondary N) is 1. The van der Waals surface area contributed by atoms with Gasteiger partial charge in [-0.1, -0.05) is 23.7 Å². The van der Waals surface area contributed by atoms with E-state index in [1.54, 1.807) is 60.7 Å². The van der Waals surface area contributed by atoms with Crippen LogP contribution in [0.4, 0.5) is 11.4 Å². The number of halogens is 1. The lowest BCUT2D eigenvalue weighted by molar-refractivity contribution is -0.384. The molecule has 9 nitrogen and oxygen atoms in total. The molecule has 0 aliphatic heterocycles. The number of furan rings is 1. The molecule has 0 aliphatic rings. The van der Waals surface area contributed by atoms with Gasteiger partial charge in [0.15, 0.2) is 5.76 Å². The Labute approximate surface area is 191 Å². The van der Waals surface area contributed by atoms with E-state index < -0.39 is 10.8 Å². The number of amides is 1. The molecule has 5 rings (SSSR count). The number of carbonyl (C=O) groups excluding carboxylic acids is 1. The van der Waals surface area contributed by atoms with E-state index in [-0.39, 0.29) is 17.2 Å². The van der Waals surface area contributed by atoms with Crippen molar-refractivity contribution in [3.8, 4) is 17.0 Å². The van der Waals surface area contributed by atoms with Gasteiger partial charge in [-0.15, -0.1) is 10.2 Å². The van der Waals surface area contributed by atoms with E-state index >= 15 is 0 Å². The summed E-state index contributed by atoms with van der Waals surface area (Å²) in [5, 5.41) is 23.5. The Hall–Kier alpha value is -4.50. The number of fused-ring (bicyclic) bond motifs is 1. The minimum atomic E-state index is -0.496. The quantitative estimate of drug-likeness (QED) is 0.274. The first kappa shape index (κ1) is 20.4. The number of anilines is 1. The van der Waals surface area contributed by atoms with E-state index in [1.165, 1.54) is 23.0 Å². The van der Waals surface area contributed by atoms with Crippen molar-refractivity contribution in [1.82, 2.24) is 15.0 Å². The van der Waals surface area contributed by atoms with Crippen molar-refractivity contribution in [2.45, 2.75) is 0 Å². The average Bonchev–Trinajstić information content (AvgIpc) is 3.47. The monoisotopic (exact) mass is 459 g/mol. The van der Waals surface area contributed by atoms with Crippen molar-refractivity contribution in [3.05, 3.63) is 99.8 Å². The van der Waals surface area contributed by atoms with Crippen LogP contribution in [0.5, 0.6) is 0 Å². The van der Waals surface area contributed by atoms with Crippen molar-refractivity contribution in [1.29, 1.82) is 0 Å². The van der Waals surface area contributed by atoms with Crippen LogP contribution in [-0.2, 0) is 0 Å². The van der Waals surface area contributed by atoms with Gasteiger partial charge in [-0.3, -0.25) is 14.9 Å². The minimum Gasteiger partial charge on any atom is -0.451 e. The lowest BCUT2D eigenvalue weighted by Crippen LogP contribution is -2.10. The Bertz CT molecular complexity index is 1510. The summed E-state index contributed by atoms with van der Waals surface area (Å²) < 4.78 is 5.59. The number of para-hydroxylation sites is 1. The maximum atomic E-state index is 12.7. The van der Waals surface area contributed by atoms with Crippen LogP contribution >= 0.6 is 11.6 Å². The molecule has 1 N–H and O–H groups in total. The second kappa shape index (κ2) is 8.21. The first-order chi connectivity index (χ1) is 16.0. The molecule has 0 spiro atoms. The number of rotatable bonds is 5. The van der Waals surface area contributed by atoms with Gasteiger partial charge in [0.05, 0.1) is 16.2 Å². The number of carbonyl (C=O) groups is 1. The normalized spacial score (nSPS) is 10.9. The van der Waals surface area contributed by atoms with Gasteiger partial charge in [-0.2, -0.15) is 4.80 Å². The standard InChI is InChI=1S/C23H14ClN5O4/c24-14-5-8-16(9-6-14)28-26-18-10-7-15(13-19(18)27-28)25-23(30)22-12-11-21(33-22)17-3-1-2-4-20(17)29(31)32/h1-13H,(H,25,30). The molecule has 0 aliphatic carbocycles. The number of nitrogens with zero attached hydrogens (tertiary/aromatic N) is 4. The van der Waals surface area contributed by atoms with Crippen LogP contribution in [0.25, 0.3) is 28.0 Å². The fourth-order valence-electron chi connectivity index (χ4n) is 3.32. The summed E-state index contributed by atoms with van der Waals surface area (Å²) >= 11 is 5.93. The van der Waals surface area contributed by atoms with E-state index in [2.05, 4.69) is 15.5 Å². The molecule has 0 bridgehead atoms. The molecule has 3 aromatic carbocycles. The van der Waals surface area contributed by atoms with Crippen LogP contribution in [0.2, 0.25) is 5.02 Å². The third kappa shape index (κ3) is 4.04. The summed E-state index contributed by atoms with van der Waals surface area (Å²) in [6.07, 6.45) is 0. The van der Waals surface area contributed by atoms with Crippen LogP contribution in [0.1, 0.15) is 10.6 Å². The van der Waals surface area contributed by atoms with Crippen LogP contribution in [-0.4, -0.2) is 25.8 Å². The number of hydrogen-bond acceptors (Lipinski definition) is 6. The number of benzene rings is 3. The van der Waals surface area contributed by atoms with Gasteiger partial charge in [-0.25, -0.2) is 0 Å². The number of nitro benzene ring substituents is 1. The van der Waals surface area contributed by atoms with Gasteiger partial charge < -0.3 is 9.73 Å². The predicted octanol–water partition coefficient (Wildman–Crippen LogP) is 5.49. The topological polar surface area (TPSA) is 116 Å². The van der Waals surface area contributed by atoms with Crippen LogP contribution in [0, 0.1) is 10.1 Å². The fraction of sp³-hybridized carbons (Fsp3) is 0. The zero-order chi connectivity index (χ0) is 22.9. The fourth-order valence-corrected chi connectivity index (χ4v) is 3.45. The van der Waals surface area contributed by atoms with Crippen LogP contribution in [0.15, 0.2) is 83.3 Å². The van der Waals surface area contributed by atoms with E-state index in [1.807, 2.05) is 0 Å². The summed E-state index contributed by atoms with van der Waals surface area (Å²) in [6.45, 7) is 0. The molecular formula is C23H14ClN5O4. The van der Waals surface area contributed by atoms with E-state index in [4.69, 9.17) is 16.0 Å². The van der Waals surface area contributed by atoms with Gasteiger partial charge in [0.1, 0.15) is 16.8 Å². The molecule has 0 saturated carbocycles. The molecule has 0 radical (unpaired) electrons. The zero-order valence-corrected chi connectivity index (χ0v) is 17.6. The highest BCUT2D eigenvalue weighted by Gasteiger charge is 2.19. The molecule has 2 heterocycles. The molecule has 33 heavy (non-hydrogen) atoms. The molecule has 1 amide bonds. The van der Waals surface area contributed by atoms with Crippen molar-refractivity contribution in [2.75, 3.05) is 5.32 Å². The van der Waals surface area contributed by atoms with Gasteiger partial charge in [0.2, 0.25) is 0 Å². The van der Waals surface area contributed by atoms with Crippen molar-refractivity contribution < 1.29 is 14.1 Å².